The van der Waals surface area contributed by atoms with Gasteiger partial charge in [0, 0.05) is 47.9 Å². The molecule has 1 fully saturated rings. The molecular weight excluding hydrogens is 422 g/mol. The molecule has 0 radical (unpaired) electrons. The van der Waals surface area contributed by atoms with E-state index in [1.807, 2.05) is 37.3 Å². The molecule has 32 heavy (non-hydrogen) atoms. The van der Waals surface area contributed by atoms with Crippen LogP contribution >= 0.6 is 11.8 Å². The highest BCUT2D eigenvalue weighted by molar-refractivity contribution is 7.99. The molecule has 0 saturated carbocycles. The van der Waals surface area contributed by atoms with Gasteiger partial charge in [-0.15, -0.1) is 0 Å². The third-order valence-corrected chi connectivity index (χ3v) is 6.39. The molecule has 1 saturated heterocycles. The van der Waals surface area contributed by atoms with Crippen LogP contribution in [0.25, 0.3) is 0 Å². The van der Waals surface area contributed by atoms with Gasteiger partial charge in [-0.05, 0) is 68.6 Å². The maximum Gasteiger partial charge on any atom is 0.221 e. The number of nitrogens with zero attached hydrogens (tertiary/aromatic N) is 4. The van der Waals surface area contributed by atoms with Crippen LogP contribution < -0.4 is 15.5 Å². The van der Waals surface area contributed by atoms with Crippen molar-refractivity contribution in [2.75, 3.05) is 28.6 Å². The van der Waals surface area contributed by atoms with Crippen LogP contribution in [-0.4, -0.2) is 39.2 Å². The largest absolute Gasteiger partial charge is 0.356 e. The third kappa shape index (κ3) is 5.40. The summed E-state index contributed by atoms with van der Waals surface area (Å²) >= 11 is 1.50. The van der Waals surface area contributed by atoms with Crippen molar-refractivity contribution in [2.24, 2.45) is 5.92 Å². The number of aromatic nitrogens is 4. The van der Waals surface area contributed by atoms with E-state index in [9.17, 15) is 4.79 Å². The Bertz CT molecular complexity index is 1090. The molecule has 168 valence electrons. The number of H-pyrrole nitrogens is 1. The second kappa shape index (κ2) is 9.60. The van der Waals surface area contributed by atoms with Crippen molar-refractivity contribution in [2.45, 2.75) is 50.6 Å². The molecule has 0 aliphatic carbocycles. The number of rotatable bonds is 6. The highest BCUT2D eigenvalue weighted by atomic mass is 32.2. The third-order valence-electron chi connectivity index (χ3n) is 5.52. The van der Waals surface area contributed by atoms with Crippen LogP contribution in [0.4, 0.5) is 23.1 Å². The topological polar surface area (TPSA) is 98.8 Å². The summed E-state index contributed by atoms with van der Waals surface area (Å²) in [6, 6.07) is 9.65. The summed E-state index contributed by atoms with van der Waals surface area (Å²) in [6.07, 6.45) is 2.33. The quantitative estimate of drug-likeness (QED) is 0.458. The second-order valence-corrected chi connectivity index (χ2v) is 9.38. The number of benzene rings is 1. The molecule has 0 atom stereocenters. The standard InChI is InChI=1S/C23H29N7OS/c1-14-9-11-30(12-10-14)22-16(3)21(25-20-13-15(2)28-29-20)26-23(27-22)32-19-7-5-18(6-8-19)24-17(4)31/h5-8,13-14H,9-12H2,1-4H3,(H,24,31)(H2,25,26,27,28,29). The fourth-order valence-corrected chi connectivity index (χ4v) is 4.45. The van der Waals surface area contributed by atoms with Crippen LogP contribution in [0.1, 0.15) is 37.9 Å². The lowest BCUT2D eigenvalue weighted by Gasteiger charge is -2.32. The molecule has 0 bridgehead atoms. The molecule has 4 rings (SSSR count). The number of nitrogens with one attached hydrogen (secondary N) is 3. The summed E-state index contributed by atoms with van der Waals surface area (Å²) in [5.41, 5.74) is 2.77. The summed E-state index contributed by atoms with van der Waals surface area (Å²) in [6.45, 7) is 9.83. The molecule has 0 spiro atoms. The van der Waals surface area contributed by atoms with Gasteiger partial charge in [0.15, 0.2) is 11.0 Å². The molecule has 3 N–H and O–H groups in total. The summed E-state index contributed by atoms with van der Waals surface area (Å²) in [5.74, 6) is 3.13. The minimum atomic E-state index is -0.0860. The zero-order chi connectivity index (χ0) is 22.7. The van der Waals surface area contributed by atoms with E-state index in [1.54, 1.807) is 0 Å². The monoisotopic (exact) mass is 451 g/mol. The van der Waals surface area contributed by atoms with Crippen LogP contribution in [-0.2, 0) is 4.79 Å². The van der Waals surface area contributed by atoms with Crippen LogP contribution in [0, 0.1) is 19.8 Å². The first-order chi connectivity index (χ1) is 15.4. The Morgan fingerprint density at radius 3 is 2.50 bits per heavy atom. The van der Waals surface area contributed by atoms with E-state index in [4.69, 9.17) is 9.97 Å². The lowest BCUT2D eigenvalue weighted by Crippen LogP contribution is -2.34. The summed E-state index contributed by atoms with van der Waals surface area (Å²) in [7, 11) is 0. The number of carbonyl (C=O) groups excluding carboxylic acids is 1. The van der Waals surface area contributed by atoms with E-state index in [0.29, 0.717) is 5.16 Å². The number of aromatic amines is 1. The van der Waals surface area contributed by atoms with Crippen LogP contribution in [0.15, 0.2) is 40.4 Å². The van der Waals surface area contributed by atoms with E-state index in [1.165, 1.54) is 18.7 Å². The predicted octanol–water partition coefficient (Wildman–Crippen LogP) is 4.91. The number of anilines is 4. The van der Waals surface area contributed by atoms with Crippen molar-refractivity contribution in [1.82, 2.24) is 20.2 Å². The molecule has 1 aliphatic heterocycles. The molecule has 3 aromatic rings. The summed E-state index contributed by atoms with van der Waals surface area (Å²) < 4.78 is 0. The predicted molar refractivity (Wildman–Crippen MR) is 129 cm³/mol. The number of piperidine rings is 1. The van der Waals surface area contributed by atoms with E-state index >= 15 is 0 Å². The SMILES string of the molecule is CC(=O)Nc1ccc(Sc2nc(Nc3cc(C)[nH]n3)c(C)c(N3CCC(C)CC3)n2)cc1. The smallest absolute Gasteiger partial charge is 0.221 e. The maximum atomic E-state index is 11.3. The van der Waals surface area contributed by atoms with Gasteiger partial charge in [0.25, 0.3) is 0 Å². The van der Waals surface area contributed by atoms with Gasteiger partial charge in [0.1, 0.15) is 11.6 Å². The Morgan fingerprint density at radius 2 is 1.88 bits per heavy atom. The zero-order valence-electron chi connectivity index (χ0n) is 18.9. The highest BCUT2D eigenvalue weighted by Gasteiger charge is 2.22. The highest BCUT2D eigenvalue weighted by Crippen LogP contribution is 2.34. The van der Waals surface area contributed by atoms with Crippen LogP contribution in [0.5, 0.6) is 0 Å². The fourth-order valence-electron chi connectivity index (χ4n) is 3.70. The first kappa shape index (κ1) is 22.1. The Kier molecular flexibility index (Phi) is 6.64. The lowest BCUT2D eigenvalue weighted by molar-refractivity contribution is -0.114. The molecule has 0 unspecified atom stereocenters. The molecule has 1 aromatic carbocycles. The number of aryl methyl sites for hydroxylation is 1. The Hall–Kier alpha value is -3.07. The van der Waals surface area contributed by atoms with E-state index in [2.05, 4.69) is 39.6 Å². The van der Waals surface area contributed by atoms with Gasteiger partial charge < -0.3 is 15.5 Å². The second-order valence-electron chi connectivity index (χ2n) is 8.34. The number of hydrogen-bond donors (Lipinski definition) is 3. The van der Waals surface area contributed by atoms with Crippen molar-refractivity contribution < 1.29 is 4.79 Å². The number of hydrogen-bond acceptors (Lipinski definition) is 7. The fraction of sp³-hybridized carbons (Fsp3) is 0.391. The van der Waals surface area contributed by atoms with E-state index in [-0.39, 0.29) is 5.91 Å². The van der Waals surface area contributed by atoms with E-state index in [0.717, 1.165) is 71.1 Å². The van der Waals surface area contributed by atoms with Gasteiger partial charge in [-0.3, -0.25) is 9.89 Å². The van der Waals surface area contributed by atoms with Gasteiger partial charge >= 0.3 is 0 Å². The average molecular weight is 452 g/mol. The van der Waals surface area contributed by atoms with Gasteiger partial charge in [0.2, 0.25) is 5.91 Å². The molecule has 1 amide bonds. The molecular formula is C23H29N7OS. The van der Waals surface area contributed by atoms with Crippen molar-refractivity contribution in [1.29, 1.82) is 0 Å². The van der Waals surface area contributed by atoms with Crippen molar-refractivity contribution in [3.8, 4) is 0 Å². The molecule has 8 nitrogen and oxygen atoms in total. The van der Waals surface area contributed by atoms with Crippen molar-refractivity contribution in [3.63, 3.8) is 0 Å². The summed E-state index contributed by atoms with van der Waals surface area (Å²) in [4.78, 5) is 24.4. The molecule has 2 aromatic heterocycles. The van der Waals surface area contributed by atoms with Gasteiger partial charge in [-0.25, -0.2) is 9.97 Å². The first-order valence-electron chi connectivity index (χ1n) is 10.9. The van der Waals surface area contributed by atoms with Gasteiger partial charge in [0.05, 0.1) is 0 Å². The normalized spacial score (nSPS) is 14.4. The Balaban J connectivity index is 1.63. The first-order valence-corrected chi connectivity index (χ1v) is 11.7. The Morgan fingerprint density at radius 1 is 1.16 bits per heavy atom. The molecule has 1 aliphatic rings. The minimum Gasteiger partial charge on any atom is -0.356 e. The molecule has 9 heteroatoms. The van der Waals surface area contributed by atoms with Gasteiger partial charge in [-0.2, -0.15) is 5.10 Å². The van der Waals surface area contributed by atoms with Crippen molar-refractivity contribution in [3.05, 3.63) is 41.6 Å². The van der Waals surface area contributed by atoms with Gasteiger partial charge in [-0.1, -0.05) is 6.92 Å². The Labute approximate surface area is 192 Å². The van der Waals surface area contributed by atoms with Crippen molar-refractivity contribution >= 4 is 40.8 Å². The number of amides is 1. The zero-order valence-corrected chi connectivity index (χ0v) is 19.7. The van der Waals surface area contributed by atoms with Crippen LogP contribution in [0.3, 0.4) is 0 Å². The maximum absolute atomic E-state index is 11.3. The summed E-state index contributed by atoms with van der Waals surface area (Å²) in [5, 5.41) is 14.1. The van der Waals surface area contributed by atoms with Crippen LogP contribution in [0.2, 0.25) is 0 Å². The number of carbonyl (C=O) groups is 1. The van der Waals surface area contributed by atoms with E-state index < -0.39 is 0 Å². The molecule has 3 heterocycles. The lowest BCUT2D eigenvalue weighted by atomic mass is 9.99. The minimum absolute atomic E-state index is 0.0860. The average Bonchev–Trinajstić information content (AvgIpc) is 3.16.